The zero-order valence-electron chi connectivity index (χ0n) is 19.6. The molecule has 7 heteroatoms. The summed E-state index contributed by atoms with van der Waals surface area (Å²) in [5.41, 5.74) is 2.55. The second-order valence-electron chi connectivity index (χ2n) is 8.59. The van der Waals surface area contributed by atoms with Crippen molar-refractivity contribution in [2.24, 2.45) is 4.99 Å². The molecule has 0 bridgehead atoms. The molecule has 2 aliphatic rings. The largest absolute Gasteiger partial charge is 0.492 e. The summed E-state index contributed by atoms with van der Waals surface area (Å²) in [5.74, 6) is 2.08. The zero-order chi connectivity index (χ0) is 22.9. The Balaban J connectivity index is 1.10. The fourth-order valence-electron chi connectivity index (χ4n) is 4.43. The van der Waals surface area contributed by atoms with Crippen LogP contribution in [0.5, 0.6) is 5.75 Å². The van der Waals surface area contributed by atoms with Crippen LogP contribution in [-0.2, 0) is 17.9 Å². The molecule has 0 aliphatic carbocycles. The first-order valence-corrected chi connectivity index (χ1v) is 11.9. The van der Waals surface area contributed by atoms with Gasteiger partial charge in [0.2, 0.25) is 5.91 Å². The average Bonchev–Trinajstić information content (AvgIpc) is 3.30. The topological polar surface area (TPSA) is 60.4 Å². The zero-order valence-corrected chi connectivity index (χ0v) is 19.6. The molecule has 0 aromatic heterocycles. The van der Waals surface area contributed by atoms with Crippen LogP contribution in [0.25, 0.3) is 0 Å². The summed E-state index contributed by atoms with van der Waals surface area (Å²) in [7, 11) is 1.83. The van der Waals surface area contributed by atoms with Crippen LogP contribution < -0.4 is 10.1 Å². The maximum Gasteiger partial charge on any atom is 0.223 e. The van der Waals surface area contributed by atoms with E-state index < -0.39 is 0 Å². The average molecular weight is 450 g/mol. The second kappa shape index (κ2) is 11.7. The van der Waals surface area contributed by atoms with Crippen LogP contribution >= 0.6 is 0 Å². The van der Waals surface area contributed by atoms with E-state index in [2.05, 4.69) is 32.2 Å². The molecular weight excluding hydrogens is 414 g/mol. The van der Waals surface area contributed by atoms with Crippen LogP contribution in [0.1, 0.15) is 24.0 Å². The van der Waals surface area contributed by atoms with Crippen LogP contribution in [0, 0.1) is 0 Å². The Morgan fingerprint density at radius 3 is 2.27 bits per heavy atom. The molecule has 1 fully saturated rings. The molecule has 0 radical (unpaired) electrons. The lowest BCUT2D eigenvalue weighted by Gasteiger charge is -2.36. The number of carbonyl (C=O) groups is 1. The molecule has 7 nitrogen and oxygen atoms in total. The molecule has 2 aromatic rings. The van der Waals surface area contributed by atoms with E-state index >= 15 is 0 Å². The van der Waals surface area contributed by atoms with Gasteiger partial charge in [-0.1, -0.05) is 42.5 Å². The molecule has 1 saturated heterocycles. The Bertz CT molecular complexity index is 900. The van der Waals surface area contributed by atoms with Crippen molar-refractivity contribution in [2.75, 3.05) is 52.9 Å². The van der Waals surface area contributed by atoms with Crippen molar-refractivity contribution in [3.63, 3.8) is 0 Å². The number of benzene rings is 2. The number of aliphatic imine (C=N–C) groups is 1. The molecule has 1 N–H and O–H groups in total. The van der Waals surface area contributed by atoms with E-state index in [1.165, 1.54) is 11.1 Å². The fraction of sp³-hybridized carbons (Fsp3) is 0.462. The highest BCUT2D eigenvalue weighted by molar-refractivity contribution is 5.80. The Morgan fingerprint density at radius 2 is 1.61 bits per heavy atom. The first kappa shape index (κ1) is 23.1. The molecular formula is C26H35N5O2. The lowest BCUT2D eigenvalue weighted by molar-refractivity contribution is -0.131. The van der Waals surface area contributed by atoms with Crippen molar-refractivity contribution in [3.05, 3.63) is 65.7 Å². The predicted molar refractivity (Wildman–Crippen MR) is 131 cm³/mol. The summed E-state index contributed by atoms with van der Waals surface area (Å²) in [6, 6.07) is 18.3. The summed E-state index contributed by atoms with van der Waals surface area (Å²) in [4.78, 5) is 23.7. The summed E-state index contributed by atoms with van der Waals surface area (Å²) >= 11 is 0. The number of hydrogen-bond acceptors (Lipinski definition) is 4. The fourth-order valence-corrected chi connectivity index (χ4v) is 4.43. The highest BCUT2D eigenvalue weighted by Crippen LogP contribution is 2.22. The molecule has 2 aromatic carbocycles. The Hall–Kier alpha value is -3.06. The second-order valence-corrected chi connectivity index (χ2v) is 8.59. The number of para-hydroxylation sites is 1. The molecule has 4 rings (SSSR count). The lowest BCUT2D eigenvalue weighted by Crippen LogP contribution is -2.53. The van der Waals surface area contributed by atoms with Crippen LogP contribution in [0.3, 0.4) is 0 Å². The summed E-state index contributed by atoms with van der Waals surface area (Å²) in [5, 5.41) is 3.44. The summed E-state index contributed by atoms with van der Waals surface area (Å²) < 4.78 is 5.82. The molecule has 0 atom stereocenters. The molecule has 1 amide bonds. The first-order valence-electron chi connectivity index (χ1n) is 11.9. The van der Waals surface area contributed by atoms with Crippen molar-refractivity contribution in [1.29, 1.82) is 0 Å². The smallest absolute Gasteiger partial charge is 0.223 e. The number of ether oxygens (including phenoxy) is 1. The number of guanidine groups is 1. The monoisotopic (exact) mass is 449 g/mol. The Labute approximate surface area is 197 Å². The van der Waals surface area contributed by atoms with Crippen molar-refractivity contribution in [3.8, 4) is 5.75 Å². The van der Waals surface area contributed by atoms with Gasteiger partial charge >= 0.3 is 0 Å². The van der Waals surface area contributed by atoms with Gasteiger partial charge in [0.15, 0.2) is 5.96 Å². The number of amides is 1. The number of piperazine rings is 1. The van der Waals surface area contributed by atoms with E-state index in [0.717, 1.165) is 70.5 Å². The highest BCUT2D eigenvalue weighted by Gasteiger charge is 2.23. The van der Waals surface area contributed by atoms with Crippen molar-refractivity contribution in [1.82, 2.24) is 20.0 Å². The van der Waals surface area contributed by atoms with Gasteiger partial charge in [0.1, 0.15) is 12.4 Å². The third kappa shape index (κ3) is 6.48. The standard InChI is InChI=1S/C26H35N5O2/c1-27-26(28-13-7-12-25(32)31-20-22-8-5-6-9-23(22)21-31)30-16-14-29(15-17-30)18-19-33-24-10-3-2-4-11-24/h2-6,8-11H,7,12-21H2,1H3,(H,27,28). The minimum absolute atomic E-state index is 0.231. The number of carbonyl (C=O) groups excluding carboxylic acids is 1. The van der Waals surface area contributed by atoms with Crippen LogP contribution in [0.4, 0.5) is 0 Å². The number of fused-ring (bicyclic) bond motifs is 1. The van der Waals surface area contributed by atoms with Gasteiger partial charge in [-0.2, -0.15) is 0 Å². The molecule has 176 valence electrons. The SMILES string of the molecule is CN=C(NCCCC(=O)N1Cc2ccccc2C1)N1CCN(CCOc2ccccc2)CC1. The quantitative estimate of drug-likeness (QED) is 0.381. The van der Waals surface area contributed by atoms with E-state index in [1.54, 1.807) is 0 Å². The van der Waals surface area contributed by atoms with Gasteiger partial charge in [-0.3, -0.25) is 14.7 Å². The molecule has 0 unspecified atom stereocenters. The predicted octanol–water partition coefficient (Wildman–Crippen LogP) is 2.58. The van der Waals surface area contributed by atoms with Crippen molar-refractivity contribution < 1.29 is 9.53 Å². The first-order chi connectivity index (χ1) is 16.2. The van der Waals surface area contributed by atoms with E-state index in [-0.39, 0.29) is 5.91 Å². The number of hydrogen-bond donors (Lipinski definition) is 1. The molecule has 0 spiro atoms. The Kier molecular flexibility index (Phi) is 8.19. The van der Waals surface area contributed by atoms with E-state index in [1.807, 2.05) is 54.4 Å². The van der Waals surface area contributed by atoms with E-state index in [0.29, 0.717) is 13.0 Å². The Morgan fingerprint density at radius 1 is 0.939 bits per heavy atom. The van der Waals surface area contributed by atoms with Gasteiger partial charge in [-0.25, -0.2) is 0 Å². The molecule has 2 heterocycles. The van der Waals surface area contributed by atoms with Crippen LogP contribution in [0.15, 0.2) is 59.6 Å². The van der Waals surface area contributed by atoms with Gasteiger partial charge in [-0.05, 0) is 29.7 Å². The third-order valence-corrected chi connectivity index (χ3v) is 6.35. The van der Waals surface area contributed by atoms with Gasteiger partial charge in [0.25, 0.3) is 0 Å². The maximum absolute atomic E-state index is 12.6. The highest BCUT2D eigenvalue weighted by atomic mass is 16.5. The molecule has 0 saturated carbocycles. The van der Waals surface area contributed by atoms with Crippen molar-refractivity contribution >= 4 is 11.9 Å². The minimum atomic E-state index is 0.231. The van der Waals surface area contributed by atoms with Gasteiger partial charge < -0.3 is 19.9 Å². The summed E-state index contributed by atoms with van der Waals surface area (Å²) in [6.45, 7) is 7.73. The normalized spacial score (nSPS) is 16.6. The van der Waals surface area contributed by atoms with Crippen molar-refractivity contribution in [2.45, 2.75) is 25.9 Å². The van der Waals surface area contributed by atoms with Gasteiger partial charge in [-0.15, -0.1) is 0 Å². The van der Waals surface area contributed by atoms with Crippen LogP contribution in [0.2, 0.25) is 0 Å². The van der Waals surface area contributed by atoms with Crippen LogP contribution in [-0.4, -0.2) is 79.5 Å². The van der Waals surface area contributed by atoms with Gasteiger partial charge in [0, 0.05) is 65.8 Å². The number of rotatable bonds is 8. The molecule has 33 heavy (non-hydrogen) atoms. The number of nitrogens with zero attached hydrogens (tertiary/aromatic N) is 4. The summed E-state index contributed by atoms with van der Waals surface area (Å²) in [6.07, 6.45) is 1.37. The maximum atomic E-state index is 12.6. The number of nitrogens with one attached hydrogen (secondary N) is 1. The van der Waals surface area contributed by atoms with Gasteiger partial charge in [0.05, 0.1) is 0 Å². The lowest BCUT2D eigenvalue weighted by atomic mass is 10.1. The minimum Gasteiger partial charge on any atom is -0.492 e. The van der Waals surface area contributed by atoms with E-state index in [4.69, 9.17) is 4.74 Å². The molecule has 2 aliphatic heterocycles. The third-order valence-electron chi connectivity index (χ3n) is 6.35. The van der Waals surface area contributed by atoms with E-state index in [9.17, 15) is 4.79 Å².